The van der Waals surface area contributed by atoms with E-state index >= 15 is 0 Å². The van der Waals surface area contributed by atoms with Crippen molar-refractivity contribution in [3.63, 3.8) is 0 Å². The van der Waals surface area contributed by atoms with Crippen LogP contribution in [0.25, 0.3) is 0 Å². The van der Waals surface area contributed by atoms with E-state index < -0.39 is 16.4 Å². The molecule has 0 fully saturated rings. The maximum atomic E-state index is 11.6. The van der Waals surface area contributed by atoms with E-state index in [1.807, 2.05) is 0 Å². The summed E-state index contributed by atoms with van der Waals surface area (Å²) in [6.07, 6.45) is 0. The van der Waals surface area contributed by atoms with Gasteiger partial charge in [-0.25, -0.2) is 8.42 Å². The van der Waals surface area contributed by atoms with Crippen LogP contribution in [-0.2, 0) is 9.84 Å². The molecule has 0 unspecified atom stereocenters. The number of aliphatic hydroxyl groups excluding tert-OH is 1. The Morgan fingerprint density at radius 3 is 2.67 bits per heavy atom. The Kier molecular flexibility index (Phi) is 3.54. The number of methoxy groups -OCH3 is 1. The van der Waals surface area contributed by atoms with Gasteiger partial charge >= 0.3 is 0 Å². The van der Waals surface area contributed by atoms with Crippen LogP contribution >= 0.6 is 0 Å². The fraction of sp³-hybridized carbons (Fsp3) is 0.333. The van der Waals surface area contributed by atoms with Gasteiger partial charge in [0.25, 0.3) is 0 Å². The molecule has 0 radical (unpaired) electrons. The minimum Gasteiger partial charge on any atom is -0.497 e. The first-order chi connectivity index (χ1) is 7.01. The zero-order valence-electron chi connectivity index (χ0n) is 8.30. The molecule has 0 heterocycles. The van der Waals surface area contributed by atoms with Crippen LogP contribution in [0.5, 0.6) is 5.75 Å². The van der Waals surface area contributed by atoms with E-state index in [4.69, 9.17) is 15.6 Å². The summed E-state index contributed by atoms with van der Waals surface area (Å²) in [6, 6.07) is 4.39. The molecule has 5 nitrogen and oxygen atoms in total. The number of nitrogen functional groups attached to an aromatic ring is 1. The molecule has 1 rings (SSSR count). The number of sulfone groups is 1. The largest absolute Gasteiger partial charge is 0.497 e. The lowest BCUT2D eigenvalue weighted by Gasteiger charge is -2.08. The molecule has 84 valence electrons. The molecule has 1 aromatic rings. The molecule has 15 heavy (non-hydrogen) atoms. The molecule has 0 amide bonds. The van der Waals surface area contributed by atoms with Gasteiger partial charge in [-0.3, -0.25) is 0 Å². The van der Waals surface area contributed by atoms with Crippen molar-refractivity contribution in [1.82, 2.24) is 0 Å². The lowest BCUT2D eigenvalue weighted by molar-refractivity contribution is 0.319. The van der Waals surface area contributed by atoms with Gasteiger partial charge in [0.1, 0.15) is 5.75 Å². The van der Waals surface area contributed by atoms with Gasteiger partial charge in [0.05, 0.1) is 30.1 Å². The highest BCUT2D eigenvalue weighted by Crippen LogP contribution is 2.24. The molecule has 1 aromatic carbocycles. The van der Waals surface area contributed by atoms with Crippen LogP contribution in [0, 0.1) is 0 Å². The van der Waals surface area contributed by atoms with Gasteiger partial charge in [-0.15, -0.1) is 0 Å². The number of ether oxygens (including phenoxy) is 1. The molecule has 0 atom stereocenters. The van der Waals surface area contributed by atoms with E-state index in [-0.39, 0.29) is 16.3 Å². The Morgan fingerprint density at radius 2 is 2.13 bits per heavy atom. The van der Waals surface area contributed by atoms with Gasteiger partial charge in [-0.2, -0.15) is 0 Å². The third-order valence-electron chi connectivity index (χ3n) is 1.92. The Bertz CT molecular complexity index is 441. The fourth-order valence-corrected chi connectivity index (χ4v) is 2.32. The lowest BCUT2D eigenvalue weighted by atomic mass is 10.3. The van der Waals surface area contributed by atoms with Gasteiger partial charge in [-0.05, 0) is 12.1 Å². The zero-order chi connectivity index (χ0) is 11.5. The van der Waals surface area contributed by atoms with Gasteiger partial charge < -0.3 is 15.6 Å². The Labute approximate surface area is 88.4 Å². The maximum Gasteiger partial charge on any atom is 0.182 e. The number of aliphatic hydroxyl groups is 1. The van der Waals surface area contributed by atoms with E-state index in [2.05, 4.69) is 0 Å². The van der Waals surface area contributed by atoms with Crippen LogP contribution in [-0.4, -0.2) is 33.0 Å². The molecule has 6 heteroatoms. The minimum atomic E-state index is -3.53. The fourth-order valence-electron chi connectivity index (χ4n) is 1.14. The summed E-state index contributed by atoms with van der Waals surface area (Å²) in [4.78, 5) is -0.00380. The molecule has 0 aliphatic rings. The second kappa shape index (κ2) is 4.50. The predicted molar refractivity (Wildman–Crippen MR) is 56.5 cm³/mol. The summed E-state index contributed by atoms with van der Waals surface area (Å²) in [5.74, 6) is 0.0744. The van der Waals surface area contributed by atoms with E-state index in [0.29, 0.717) is 5.75 Å². The van der Waals surface area contributed by atoms with Crippen molar-refractivity contribution in [3.05, 3.63) is 18.2 Å². The molecule has 0 aromatic heterocycles. The van der Waals surface area contributed by atoms with Gasteiger partial charge in [0.15, 0.2) is 9.84 Å². The maximum absolute atomic E-state index is 11.6. The van der Waals surface area contributed by atoms with E-state index in [0.717, 1.165) is 0 Å². The van der Waals surface area contributed by atoms with Crippen LogP contribution < -0.4 is 10.5 Å². The molecule has 3 N–H and O–H groups in total. The van der Waals surface area contributed by atoms with Crippen molar-refractivity contribution < 1.29 is 18.3 Å². The minimum absolute atomic E-state index is 0.00380. The SMILES string of the molecule is COc1ccc(N)c(S(=O)(=O)CCO)c1. The van der Waals surface area contributed by atoms with Crippen LogP contribution in [0.15, 0.2) is 23.1 Å². The molecular formula is C9H13NO4S. The van der Waals surface area contributed by atoms with Crippen LogP contribution in [0.4, 0.5) is 5.69 Å². The summed E-state index contributed by atoms with van der Waals surface area (Å²) in [6.45, 7) is -0.432. The van der Waals surface area contributed by atoms with Crippen molar-refractivity contribution in [3.8, 4) is 5.75 Å². The molecule has 0 bridgehead atoms. The average molecular weight is 231 g/mol. The molecule has 0 aliphatic carbocycles. The van der Waals surface area contributed by atoms with Gasteiger partial charge in [0.2, 0.25) is 0 Å². The van der Waals surface area contributed by atoms with Crippen LogP contribution in [0.1, 0.15) is 0 Å². The third-order valence-corrected chi connectivity index (χ3v) is 3.66. The van der Waals surface area contributed by atoms with Crippen LogP contribution in [0.2, 0.25) is 0 Å². The second-order valence-corrected chi connectivity index (χ2v) is 5.02. The highest BCUT2D eigenvalue weighted by molar-refractivity contribution is 7.91. The number of rotatable bonds is 4. The number of nitrogens with two attached hydrogens (primary N) is 1. The van der Waals surface area contributed by atoms with E-state index in [1.165, 1.54) is 19.2 Å². The number of hydrogen-bond acceptors (Lipinski definition) is 5. The molecule has 0 spiro atoms. The van der Waals surface area contributed by atoms with Crippen molar-refractivity contribution in [1.29, 1.82) is 0 Å². The van der Waals surface area contributed by atoms with Crippen molar-refractivity contribution in [2.24, 2.45) is 0 Å². The Morgan fingerprint density at radius 1 is 1.47 bits per heavy atom. The van der Waals surface area contributed by atoms with Gasteiger partial charge in [0, 0.05) is 6.07 Å². The van der Waals surface area contributed by atoms with Gasteiger partial charge in [-0.1, -0.05) is 0 Å². The van der Waals surface area contributed by atoms with Crippen molar-refractivity contribution in [2.75, 3.05) is 25.2 Å². The smallest absolute Gasteiger partial charge is 0.182 e. The standard InChI is InChI=1S/C9H13NO4S/c1-14-7-2-3-8(10)9(6-7)15(12,13)5-4-11/h2-3,6,11H,4-5,10H2,1H3. The molecule has 0 saturated carbocycles. The summed E-state index contributed by atoms with van der Waals surface area (Å²) >= 11 is 0. The molecule has 0 aliphatic heterocycles. The normalized spacial score (nSPS) is 11.3. The zero-order valence-corrected chi connectivity index (χ0v) is 9.12. The van der Waals surface area contributed by atoms with Crippen molar-refractivity contribution >= 4 is 15.5 Å². The average Bonchev–Trinajstić information content (AvgIpc) is 2.18. The lowest BCUT2D eigenvalue weighted by Crippen LogP contribution is -2.12. The molecule has 0 saturated heterocycles. The van der Waals surface area contributed by atoms with Crippen LogP contribution in [0.3, 0.4) is 0 Å². The first-order valence-corrected chi connectivity index (χ1v) is 5.93. The highest BCUT2D eigenvalue weighted by Gasteiger charge is 2.17. The van der Waals surface area contributed by atoms with Crippen molar-refractivity contribution in [2.45, 2.75) is 4.90 Å². The number of hydrogen-bond donors (Lipinski definition) is 2. The topological polar surface area (TPSA) is 89.6 Å². The summed E-state index contributed by atoms with van der Waals surface area (Å²) in [7, 11) is -2.09. The quantitative estimate of drug-likeness (QED) is 0.714. The first kappa shape index (κ1) is 11.8. The summed E-state index contributed by atoms with van der Waals surface area (Å²) in [5, 5.41) is 8.63. The Balaban J connectivity index is 3.24. The number of benzene rings is 1. The number of anilines is 1. The highest BCUT2D eigenvalue weighted by atomic mass is 32.2. The summed E-state index contributed by atoms with van der Waals surface area (Å²) in [5.41, 5.74) is 5.70. The Hall–Kier alpha value is -1.27. The summed E-state index contributed by atoms with van der Waals surface area (Å²) < 4.78 is 28.2. The van der Waals surface area contributed by atoms with E-state index in [1.54, 1.807) is 6.07 Å². The molecular weight excluding hydrogens is 218 g/mol. The predicted octanol–water partition coefficient (Wildman–Crippen LogP) is 0.0434. The van der Waals surface area contributed by atoms with E-state index in [9.17, 15) is 8.42 Å². The second-order valence-electron chi connectivity index (χ2n) is 2.95. The monoisotopic (exact) mass is 231 g/mol. The first-order valence-electron chi connectivity index (χ1n) is 4.28. The third kappa shape index (κ3) is 2.60.